The van der Waals surface area contributed by atoms with Crippen LogP contribution >= 0.6 is 23.8 Å². The summed E-state index contributed by atoms with van der Waals surface area (Å²) < 4.78 is 0.396. The zero-order valence-corrected chi connectivity index (χ0v) is 17.2. The quantitative estimate of drug-likeness (QED) is 0.509. The number of nitrogens with one attached hydrogen (secondary N) is 2. The van der Waals surface area contributed by atoms with Gasteiger partial charge in [-0.25, -0.2) is 0 Å². The van der Waals surface area contributed by atoms with Gasteiger partial charge in [-0.3, -0.25) is 9.78 Å². The standard InChI is InChI=1S/C23H23ClN2OS/c24-20-9-5-4-8-18(20)14-19-21(25-23(28)26-22(19)27)17-12-10-16(11-13-17)15-6-2-1-3-7-15/h1-9,16-17H,10-14H2,(H2,25,26,27,28)/t16-,17-. The molecule has 3 aromatic rings. The summed E-state index contributed by atoms with van der Waals surface area (Å²) in [6.07, 6.45) is 4.84. The Hall–Kier alpha value is -2.17. The van der Waals surface area contributed by atoms with E-state index >= 15 is 0 Å². The van der Waals surface area contributed by atoms with Crippen LogP contribution in [0.1, 0.15) is 59.9 Å². The minimum Gasteiger partial charge on any atom is -0.335 e. The van der Waals surface area contributed by atoms with E-state index in [2.05, 4.69) is 40.3 Å². The lowest BCUT2D eigenvalue weighted by Gasteiger charge is -2.30. The minimum absolute atomic E-state index is 0.108. The van der Waals surface area contributed by atoms with Gasteiger partial charge in [0.15, 0.2) is 4.77 Å². The Bertz CT molecular complexity index is 1070. The van der Waals surface area contributed by atoms with Crippen molar-refractivity contribution in [2.75, 3.05) is 0 Å². The highest BCUT2D eigenvalue weighted by Crippen LogP contribution is 2.40. The number of aromatic amines is 2. The number of benzene rings is 2. The van der Waals surface area contributed by atoms with Gasteiger partial charge in [0.05, 0.1) is 0 Å². The molecule has 0 unspecified atom stereocenters. The van der Waals surface area contributed by atoms with Crippen molar-refractivity contribution in [1.82, 2.24) is 9.97 Å². The summed E-state index contributed by atoms with van der Waals surface area (Å²) in [4.78, 5) is 18.8. The van der Waals surface area contributed by atoms with Gasteiger partial charge in [0.1, 0.15) is 0 Å². The average molecular weight is 411 g/mol. The molecular formula is C23H23ClN2OS. The smallest absolute Gasteiger partial charge is 0.255 e. The number of hydrogen-bond acceptors (Lipinski definition) is 2. The number of hydrogen-bond donors (Lipinski definition) is 2. The molecule has 1 aromatic heterocycles. The lowest BCUT2D eigenvalue weighted by Crippen LogP contribution is -2.22. The van der Waals surface area contributed by atoms with E-state index < -0.39 is 0 Å². The predicted molar refractivity (Wildman–Crippen MR) is 117 cm³/mol. The fraction of sp³-hybridized carbons (Fsp3) is 0.304. The molecule has 28 heavy (non-hydrogen) atoms. The number of H-pyrrole nitrogens is 2. The molecule has 0 radical (unpaired) electrons. The van der Waals surface area contributed by atoms with Crippen molar-refractivity contribution in [1.29, 1.82) is 0 Å². The van der Waals surface area contributed by atoms with E-state index in [4.69, 9.17) is 23.8 Å². The summed E-state index contributed by atoms with van der Waals surface area (Å²) >= 11 is 11.6. The summed E-state index contributed by atoms with van der Waals surface area (Å²) in [7, 11) is 0. The van der Waals surface area contributed by atoms with Crippen LogP contribution < -0.4 is 5.56 Å². The molecule has 4 rings (SSSR count). The Morgan fingerprint density at radius 2 is 1.54 bits per heavy atom. The third-order valence-electron chi connectivity index (χ3n) is 5.81. The fourth-order valence-corrected chi connectivity index (χ4v) is 4.73. The van der Waals surface area contributed by atoms with Gasteiger partial charge >= 0.3 is 0 Å². The molecule has 0 bridgehead atoms. The third kappa shape index (κ3) is 4.13. The Morgan fingerprint density at radius 1 is 0.893 bits per heavy atom. The minimum atomic E-state index is -0.108. The maximum atomic E-state index is 12.7. The molecule has 1 heterocycles. The molecule has 0 saturated heterocycles. The highest BCUT2D eigenvalue weighted by atomic mass is 35.5. The Kier molecular flexibility index (Phi) is 5.79. The zero-order chi connectivity index (χ0) is 19.5. The molecule has 144 valence electrons. The van der Waals surface area contributed by atoms with Gasteiger partial charge in [0, 0.05) is 22.7 Å². The maximum Gasteiger partial charge on any atom is 0.255 e. The van der Waals surface area contributed by atoms with Crippen molar-refractivity contribution in [3.63, 3.8) is 0 Å². The van der Waals surface area contributed by atoms with Crippen LogP contribution in [-0.2, 0) is 6.42 Å². The normalized spacial score (nSPS) is 19.5. The van der Waals surface area contributed by atoms with Crippen LogP contribution in [0.15, 0.2) is 59.4 Å². The molecule has 0 atom stereocenters. The summed E-state index contributed by atoms with van der Waals surface area (Å²) in [6.45, 7) is 0. The molecular weight excluding hydrogens is 388 g/mol. The van der Waals surface area contributed by atoms with E-state index in [1.807, 2.05) is 24.3 Å². The van der Waals surface area contributed by atoms with Crippen molar-refractivity contribution in [3.05, 3.63) is 97.1 Å². The van der Waals surface area contributed by atoms with Gasteiger partial charge in [-0.05, 0) is 66.9 Å². The lowest BCUT2D eigenvalue weighted by molar-refractivity contribution is 0.389. The van der Waals surface area contributed by atoms with Gasteiger partial charge in [0.2, 0.25) is 0 Å². The Morgan fingerprint density at radius 3 is 2.25 bits per heavy atom. The Labute approximate surface area is 174 Å². The van der Waals surface area contributed by atoms with E-state index in [0.29, 0.717) is 28.1 Å². The third-order valence-corrected chi connectivity index (χ3v) is 6.38. The number of aromatic nitrogens is 2. The number of rotatable bonds is 4. The first-order valence-electron chi connectivity index (χ1n) is 9.75. The largest absolute Gasteiger partial charge is 0.335 e. The lowest BCUT2D eigenvalue weighted by atomic mass is 9.76. The maximum absolute atomic E-state index is 12.7. The van der Waals surface area contributed by atoms with Crippen molar-refractivity contribution in [2.24, 2.45) is 0 Å². The van der Waals surface area contributed by atoms with Crippen LogP contribution in [0.2, 0.25) is 5.02 Å². The molecule has 1 aliphatic carbocycles. The van der Waals surface area contributed by atoms with Gasteiger partial charge in [-0.1, -0.05) is 60.1 Å². The van der Waals surface area contributed by atoms with Gasteiger partial charge in [0.25, 0.3) is 5.56 Å². The monoisotopic (exact) mass is 410 g/mol. The molecule has 3 nitrogen and oxygen atoms in total. The van der Waals surface area contributed by atoms with E-state index in [-0.39, 0.29) is 5.56 Å². The Balaban J connectivity index is 1.60. The van der Waals surface area contributed by atoms with Crippen LogP contribution in [0.25, 0.3) is 0 Å². The summed E-state index contributed by atoms with van der Waals surface area (Å²) in [5.41, 5.74) is 4.00. The van der Waals surface area contributed by atoms with Crippen LogP contribution in [0.3, 0.4) is 0 Å². The molecule has 2 N–H and O–H groups in total. The van der Waals surface area contributed by atoms with Crippen molar-refractivity contribution < 1.29 is 0 Å². The topological polar surface area (TPSA) is 48.6 Å². The van der Waals surface area contributed by atoms with Crippen molar-refractivity contribution in [2.45, 2.75) is 43.9 Å². The summed E-state index contributed by atoms with van der Waals surface area (Å²) in [5, 5.41) is 0.683. The predicted octanol–water partition coefficient (Wildman–Crippen LogP) is 6.12. The average Bonchev–Trinajstić information content (AvgIpc) is 2.72. The molecule has 0 spiro atoms. The van der Waals surface area contributed by atoms with E-state index in [1.54, 1.807) is 0 Å². The summed E-state index contributed by atoms with van der Waals surface area (Å²) in [5.74, 6) is 0.913. The van der Waals surface area contributed by atoms with Gasteiger partial charge in [-0.2, -0.15) is 0 Å². The highest BCUT2D eigenvalue weighted by molar-refractivity contribution is 7.71. The fourth-order valence-electron chi connectivity index (χ4n) is 4.33. The van der Waals surface area contributed by atoms with E-state index in [9.17, 15) is 4.79 Å². The second kappa shape index (κ2) is 8.46. The molecule has 0 aliphatic heterocycles. The molecule has 5 heteroatoms. The SMILES string of the molecule is O=c1[nH]c(=S)[nH]c([C@H]2CC[C@H](c3ccccc3)CC2)c1Cc1ccccc1Cl. The van der Waals surface area contributed by atoms with Gasteiger partial charge in [-0.15, -0.1) is 0 Å². The molecule has 1 saturated carbocycles. The van der Waals surface area contributed by atoms with Crippen LogP contribution in [0.4, 0.5) is 0 Å². The second-order valence-electron chi connectivity index (χ2n) is 7.53. The first kappa shape index (κ1) is 19.2. The van der Waals surface area contributed by atoms with Gasteiger partial charge < -0.3 is 4.98 Å². The highest BCUT2D eigenvalue weighted by Gasteiger charge is 2.26. The summed E-state index contributed by atoms with van der Waals surface area (Å²) in [6, 6.07) is 18.4. The first-order valence-corrected chi connectivity index (χ1v) is 10.5. The van der Waals surface area contributed by atoms with Crippen LogP contribution in [0, 0.1) is 4.77 Å². The second-order valence-corrected chi connectivity index (χ2v) is 8.34. The van der Waals surface area contributed by atoms with E-state index in [1.165, 1.54) is 5.56 Å². The molecule has 1 fully saturated rings. The number of halogens is 1. The van der Waals surface area contributed by atoms with Crippen molar-refractivity contribution in [3.8, 4) is 0 Å². The molecule has 2 aromatic carbocycles. The van der Waals surface area contributed by atoms with Crippen LogP contribution in [-0.4, -0.2) is 9.97 Å². The zero-order valence-electron chi connectivity index (χ0n) is 15.6. The van der Waals surface area contributed by atoms with E-state index in [0.717, 1.165) is 42.5 Å². The molecule has 1 aliphatic rings. The first-order chi connectivity index (χ1) is 13.6. The van der Waals surface area contributed by atoms with Crippen LogP contribution in [0.5, 0.6) is 0 Å². The van der Waals surface area contributed by atoms with Crippen molar-refractivity contribution >= 4 is 23.8 Å². The molecule has 0 amide bonds.